The molecular formula is C10H19N5O2. The van der Waals surface area contributed by atoms with Crippen molar-refractivity contribution in [1.82, 2.24) is 20.1 Å². The summed E-state index contributed by atoms with van der Waals surface area (Å²) < 4.78 is 6.48. The molecule has 1 atom stereocenters. The molecule has 0 radical (unpaired) electrons. The van der Waals surface area contributed by atoms with Crippen molar-refractivity contribution in [3.05, 3.63) is 12.2 Å². The van der Waals surface area contributed by atoms with Crippen molar-refractivity contribution >= 4 is 5.91 Å². The summed E-state index contributed by atoms with van der Waals surface area (Å²) in [6, 6.07) is -0.506. The lowest BCUT2D eigenvalue weighted by atomic mass is 10.1. The van der Waals surface area contributed by atoms with E-state index in [1.807, 2.05) is 0 Å². The maximum Gasteiger partial charge on any atom is 0.237 e. The third-order valence-electron chi connectivity index (χ3n) is 2.27. The van der Waals surface area contributed by atoms with E-state index >= 15 is 0 Å². The van der Waals surface area contributed by atoms with Crippen molar-refractivity contribution in [2.45, 2.75) is 25.4 Å². The van der Waals surface area contributed by atoms with E-state index in [2.05, 4.69) is 15.4 Å². The molecule has 96 valence electrons. The summed E-state index contributed by atoms with van der Waals surface area (Å²) in [7, 11) is 3.40. The van der Waals surface area contributed by atoms with Gasteiger partial charge in [0.2, 0.25) is 5.91 Å². The van der Waals surface area contributed by atoms with Crippen LogP contribution in [0.5, 0.6) is 0 Å². The molecule has 0 spiro atoms. The average Bonchev–Trinajstić information content (AvgIpc) is 2.72. The molecule has 1 unspecified atom stereocenters. The largest absolute Gasteiger partial charge is 0.385 e. The second-order valence-corrected chi connectivity index (χ2v) is 3.79. The summed E-state index contributed by atoms with van der Waals surface area (Å²) in [5, 5.41) is 6.74. The lowest BCUT2D eigenvalue weighted by Crippen LogP contribution is -2.40. The molecule has 17 heavy (non-hydrogen) atoms. The molecule has 1 heterocycles. The molecule has 0 fully saturated rings. The molecule has 0 bridgehead atoms. The molecule has 7 heteroatoms. The van der Waals surface area contributed by atoms with Crippen LogP contribution in [0, 0.1) is 0 Å². The maximum atomic E-state index is 11.6. The molecule has 0 saturated carbocycles. The van der Waals surface area contributed by atoms with Gasteiger partial charge in [0, 0.05) is 20.8 Å². The predicted octanol–water partition coefficient (Wildman–Crippen LogP) is -0.815. The van der Waals surface area contributed by atoms with E-state index in [1.165, 1.54) is 0 Å². The first-order valence-corrected chi connectivity index (χ1v) is 5.50. The number of hydrogen-bond donors (Lipinski definition) is 2. The summed E-state index contributed by atoms with van der Waals surface area (Å²) in [6.45, 7) is 0.917. The van der Waals surface area contributed by atoms with Crippen molar-refractivity contribution in [2.75, 3.05) is 13.7 Å². The number of methoxy groups -OCH3 is 1. The standard InChI is InChI=1S/C10H19N5O2/c1-15-7-13-9(14-15)6-12-10(16)8(11)4-3-5-17-2/h7-8H,3-6,11H2,1-2H3,(H,12,16). The number of rotatable bonds is 7. The van der Waals surface area contributed by atoms with Gasteiger partial charge in [-0.05, 0) is 12.8 Å². The number of ether oxygens (including phenoxy) is 1. The molecule has 0 aliphatic heterocycles. The minimum Gasteiger partial charge on any atom is -0.385 e. The number of aromatic nitrogens is 3. The number of nitrogens with two attached hydrogens (primary N) is 1. The molecule has 0 aromatic carbocycles. The number of hydrogen-bond acceptors (Lipinski definition) is 5. The summed E-state index contributed by atoms with van der Waals surface area (Å²) in [6.07, 6.45) is 2.96. The highest BCUT2D eigenvalue weighted by molar-refractivity contribution is 5.81. The maximum absolute atomic E-state index is 11.6. The highest BCUT2D eigenvalue weighted by Crippen LogP contribution is 1.96. The molecule has 1 aromatic heterocycles. The van der Waals surface area contributed by atoms with E-state index in [4.69, 9.17) is 10.5 Å². The van der Waals surface area contributed by atoms with Crippen LogP contribution in [0.15, 0.2) is 6.33 Å². The van der Waals surface area contributed by atoms with Crippen molar-refractivity contribution in [2.24, 2.45) is 12.8 Å². The normalized spacial score (nSPS) is 12.4. The minimum atomic E-state index is -0.506. The quantitative estimate of drug-likeness (QED) is 0.608. The molecule has 0 aliphatic rings. The Morgan fingerprint density at radius 3 is 3.06 bits per heavy atom. The second-order valence-electron chi connectivity index (χ2n) is 3.79. The topological polar surface area (TPSA) is 95.1 Å². The average molecular weight is 241 g/mol. The zero-order valence-corrected chi connectivity index (χ0v) is 10.2. The van der Waals surface area contributed by atoms with E-state index in [0.717, 1.165) is 6.42 Å². The highest BCUT2D eigenvalue weighted by Gasteiger charge is 2.13. The summed E-state index contributed by atoms with van der Waals surface area (Å²) in [5.41, 5.74) is 5.71. The first-order chi connectivity index (χ1) is 8.13. The highest BCUT2D eigenvalue weighted by atomic mass is 16.5. The van der Waals surface area contributed by atoms with Crippen LogP contribution in [-0.4, -0.2) is 40.4 Å². The molecule has 1 amide bonds. The lowest BCUT2D eigenvalue weighted by molar-refractivity contribution is -0.122. The Balaban J connectivity index is 2.24. The van der Waals surface area contributed by atoms with Gasteiger partial charge in [0.05, 0.1) is 12.6 Å². The lowest BCUT2D eigenvalue weighted by Gasteiger charge is -2.10. The van der Waals surface area contributed by atoms with Gasteiger partial charge in [0.1, 0.15) is 6.33 Å². The fraction of sp³-hybridized carbons (Fsp3) is 0.700. The van der Waals surface area contributed by atoms with Gasteiger partial charge in [-0.3, -0.25) is 9.48 Å². The van der Waals surface area contributed by atoms with Crippen LogP contribution in [0.25, 0.3) is 0 Å². The van der Waals surface area contributed by atoms with Crippen molar-refractivity contribution in [1.29, 1.82) is 0 Å². The van der Waals surface area contributed by atoms with Crippen molar-refractivity contribution in [3.8, 4) is 0 Å². The predicted molar refractivity (Wildman–Crippen MR) is 61.9 cm³/mol. The smallest absolute Gasteiger partial charge is 0.237 e. The van der Waals surface area contributed by atoms with Crippen LogP contribution in [-0.2, 0) is 23.1 Å². The van der Waals surface area contributed by atoms with Gasteiger partial charge in [-0.25, -0.2) is 4.98 Å². The summed E-state index contributed by atoms with van der Waals surface area (Å²) in [5.74, 6) is 0.387. The summed E-state index contributed by atoms with van der Waals surface area (Å²) in [4.78, 5) is 15.6. The molecule has 0 saturated heterocycles. The fourth-order valence-electron chi connectivity index (χ4n) is 1.34. The van der Waals surface area contributed by atoms with Gasteiger partial charge in [-0.2, -0.15) is 5.10 Å². The van der Waals surface area contributed by atoms with Gasteiger partial charge < -0.3 is 15.8 Å². The molecule has 1 aromatic rings. The van der Waals surface area contributed by atoms with Crippen LogP contribution in [0.3, 0.4) is 0 Å². The van der Waals surface area contributed by atoms with Crippen LogP contribution in [0.4, 0.5) is 0 Å². The Bertz CT molecular complexity index is 352. The third kappa shape index (κ3) is 4.92. The first-order valence-electron chi connectivity index (χ1n) is 5.50. The molecule has 0 aliphatic carbocycles. The minimum absolute atomic E-state index is 0.187. The molecule has 7 nitrogen and oxygen atoms in total. The molecular weight excluding hydrogens is 222 g/mol. The van der Waals surface area contributed by atoms with E-state index in [1.54, 1.807) is 25.2 Å². The van der Waals surface area contributed by atoms with Gasteiger partial charge in [0.25, 0.3) is 0 Å². The number of carbonyl (C=O) groups is 1. The van der Waals surface area contributed by atoms with Gasteiger partial charge in [-0.1, -0.05) is 0 Å². The van der Waals surface area contributed by atoms with Gasteiger partial charge in [0.15, 0.2) is 5.82 Å². The van der Waals surface area contributed by atoms with Crippen molar-refractivity contribution < 1.29 is 9.53 Å². The Labute approximate surface area is 100 Å². The molecule has 3 N–H and O–H groups in total. The van der Waals surface area contributed by atoms with E-state index in [9.17, 15) is 4.79 Å². The zero-order chi connectivity index (χ0) is 12.7. The summed E-state index contributed by atoms with van der Waals surface area (Å²) >= 11 is 0. The van der Waals surface area contributed by atoms with E-state index in [0.29, 0.717) is 25.4 Å². The Hall–Kier alpha value is -1.47. The second kappa shape index (κ2) is 6.97. The Kier molecular flexibility index (Phi) is 5.58. The first kappa shape index (κ1) is 13.6. The number of nitrogens with zero attached hydrogens (tertiary/aromatic N) is 3. The van der Waals surface area contributed by atoms with Gasteiger partial charge in [-0.15, -0.1) is 0 Å². The van der Waals surface area contributed by atoms with Crippen LogP contribution < -0.4 is 11.1 Å². The third-order valence-corrected chi connectivity index (χ3v) is 2.27. The monoisotopic (exact) mass is 241 g/mol. The zero-order valence-electron chi connectivity index (χ0n) is 10.2. The van der Waals surface area contributed by atoms with E-state index in [-0.39, 0.29) is 5.91 Å². The number of carbonyl (C=O) groups excluding carboxylic acids is 1. The van der Waals surface area contributed by atoms with Crippen LogP contribution >= 0.6 is 0 Å². The Morgan fingerprint density at radius 2 is 2.47 bits per heavy atom. The number of aryl methyl sites for hydroxylation is 1. The SMILES string of the molecule is COCCCC(N)C(=O)NCc1ncn(C)n1. The number of amides is 1. The van der Waals surface area contributed by atoms with Crippen LogP contribution in [0.2, 0.25) is 0 Å². The van der Waals surface area contributed by atoms with Crippen molar-refractivity contribution in [3.63, 3.8) is 0 Å². The van der Waals surface area contributed by atoms with Gasteiger partial charge >= 0.3 is 0 Å². The molecule has 1 rings (SSSR count). The fourth-order valence-corrected chi connectivity index (χ4v) is 1.34. The Morgan fingerprint density at radius 1 is 1.71 bits per heavy atom. The van der Waals surface area contributed by atoms with E-state index < -0.39 is 6.04 Å². The van der Waals surface area contributed by atoms with Crippen LogP contribution in [0.1, 0.15) is 18.7 Å². The number of nitrogens with one attached hydrogen (secondary N) is 1.